The molecule has 0 aliphatic carbocycles. The Kier molecular flexibility index (Phi) is 9.02. The number of carbonyl (C=O) groups is 1. The molecule has 1 aliphatic rings. The molecule has 12 heteroatoms. The van der Waals surface area contributed by atoms with E-state index in [1.54, 1.807) is 18.4 Å². The monoisotopic (exact) mass is 551 g/mol. The molecule has 194 valence electrons. The largest absolute Gasteiger partial charge is 0.495 e. The zero-order valence-corrected chi connectivity index (χ0v) is 22.9. The van der Waals surface area contributed by atoms with Crippen LogP contribution in [0.2, 0.25) is 0 Å². The molecule has 1 fully saturated rings. The van der Waals surface area contributed by atoms with Gasteiger partial charge in [0.25, 0.3) is 0 Å². The molecule has 0 bridgehead atoms. The van der Waals surface area contributed by atoms with Gasteiger partial charge in [0.15, 0.2) is 5.82 Å². The van der Waals surface area contributed by atoms with Crippen molar-refractivity contribution in [3.8, 4) is 16.2 Å². The topological polar surface area (TPSA) is 110 Å². The van der Waals surface area contributed by atoms with Crippen LogP contribution in [-0.4, -0.2) is 58.7 Å². The molecule has 0 atom stereocenters. The molecule has 0 radical (unpaired) electrons. The fourth-order valence-electron chi connectivity index (χ4n) is 4.67. The Bertz CT molecular complexity index is 1380. The summed E-state index contributed by atoms with van der Waals surface area (Å²) in [6.45, 7) is 8.48. The van der Waals surface area contributed by atoms with Gasteiger partial charge in [0, 0.05) is 62.2 Å². The van der Waals surface area contributed by atoms with Gasteiger partial charge in [-0.05, 0) is 30.0 Å². The van der Waals surface area contributed by atoms with Gasteiger partial charge in [0.1, 0.15) is 17.6 Å². The zero-order valence-electron chi connectivity index (χ0n) is 20.5. The number of aromatic nitrogens is 3. The number of nitrogens with one attached hydrogen (secondary N) is 2. The number of aryl methyl sites for hydroxylation is 1. The molecular weight excluding hydrogens is 521 g/mol. The van der Waals surface area contributed by atoms with Gasteiger partial charge in [0.2, 0.25) is 5.91 Å². The number of halogens is 2. The van der Waals surface area contributed by atoms with Crippen molar-refractivity contribution >= 4 is 63.5 Å². The Morgan fingerprint density at radius 2 is 2.00 bits per heavy atom. The summed E-state index contributed by atoms with van der Waals surface area (Å²) in [5.41, 5.74) is 11.4. The van der Waals surface area contributed by atoms with Crippen LogP contribution in [0, 0.1) is 6.92 Å². The lowest BCUT2D eigenvalue weighted by molar-refractivity contribution is -0.119. The predicted molar refractivity (Wildman–Crippen MR) is 150 cm³/mol. The summed E-state index contributed by atoms with van der Waals surface area (Å²) < 4.78 is 8.65. The van der Waals surface area contributed by atoms with Crippen molar-refractivity contribution in [3.05, 3.63) is 41.3 Å². The van der Waals surface area contributed by atoms with E-state index in [4.69, 9.17) is 10.5 Å². The van der Waals surface area contributed by atoms with Crippen LogP contribution >= 0.6 is 36.2 Å². The van der Waals surface area contributed by atoms with Gasteiger partial charge in [-0.3, -0.25) is 9.69 Å². The van der Waals surface area contributed by atoms with Crippen LogP contribution in [0.1, 0.15) is 23.7 Å². The summed E-state index contributed by atoms with van der Waals surface area (Å²) in [4.78, 5) is 19.7. The number of fused-ring (bicyclic) bond motifs is 2. The number of benzene rings is 1. The number of nitrogen functional groups attached to an aromatic ring is 1. The third kappa shape index (κ3) is 5.23. The summed E-state index contributed by atoms with van der Waals surface area (Å²) in [6, 6.07) is 6.38. The van der Waals surface area contributed by atoms with Crippen LogP contribution in [0.4, 0.5) is 5.82 Å². The highest BCUT2D eigenvalue weighted by Gasteiger charge is 2.26. The number of piperazine rings is 1. The van der Waals surface area contributed by atoms with Crippen molar-refractivity contribution in [2.24, 2.45) is 0 Å². The molecule has 9 nitrogen and oxygen atoms in total. The average Bonchev–Trinajstić information content (AvgIpc) is 3.37. The summed E-state index contributed by atoms with van der Waals surface area (Å²) in [7, 11) is 1.70. The molecule has 0 unspecified atom stereocenters. The Morgan fingerprint density at radius 3 is 2.69 bits per heavy atom. The van der Waals surface area contributed by atoms with E-state index in [1.165, 1.54) is 13.3 Å². The summed E-state index contributed by atoms with van der Waals surface area (Å²) in [5.74, 6) is 1.19. The highest BCUT2D eigenvalue weighted by molar-refractivity contribution is 7.22. The first-order chi connectivity index (χ1) is 16.5. The molecule has 4 N–H and O–H groups in total. The van der Waals surface area contributed by atoms with Crippen LogP contribution in [0.25, 0.3) is 26.0 Å². The standard InChI is InChI=1S/C24H29N7O2S.2ClH/c1-14-8-16-10-20(34-23(16)19(9-14)33-3)21-17(11-27-15(2)32)18(12-30-6-4-26-5-7-30)31-22(21)24(25)28-13-29-31;;/h8-10,13,26H,4-7,11-12H2,1-3H3,(H,27,32)(H2,25,28,29);2*1H. The van der Waals surface area contributed by atoms with E-state index >= 15 is 0 Å². The van der Waals surface area contributed by atoms with Crippen LogP contribution < -0.4 is 21.1 Å². The van der Waals surface area contributed by atoms with Gasteiger partial charge in [-0.2, -0.15) is 5.10 Å². The summed E-state index contributed by atoms with van der Waals surface area (Å²) in [6.07, 6.45) is 1.49. The lowest BCUT2D eigenvalue weighted by atomic mass is 10.1. The molecular formula is C24H31Cl2N7O2S. The average molecular weight is 553 g/mol. The quantitative estimate of drug-likeness (QED) is 0.337. The van der Waals surface area contributed by atoms with Gasteiger partial charge in [-0.1, -0.05) is 6.07 Å². The predicted octanol–water partition coefficient (Wildman–Crippen LogP) is 3.40. The number of hydrogen-bond donors (Lipinski definition) is 3. The van der Waals surface area contributed by atoms with Crippen molar-refractivity contribution in [2.45, 2.75) is 26.9 Å². The lowest BCUT2D eigenvalue weighted by Crippen LogP contribution is -2.43. The smallest absolute Gasteiger partial charge is 0.217 e. The number of carbonyl (C=O) groups excluding carboxylic acids is 1. The van der Waals surface area contributed by atoms with E-state index in [-0.39, 0.29) is 30.7 Å². The fraction of sp³-hybridized carbons (Fsp3) is 0.375. The molecule has 1 saturated heterocycles. The Balaban J connectivity index is 0.00000180. The number of nitrogens with two attached hydrogens (primary N) is 1. The molecule has 4 aromatic rings. The van der Waals surface area contributed by atoms with Crippen LogP contribution in [0.3, 0.4) is 0 Å². The maximum absolute atomic E-state index is 11.9. The highest BCUT2D eigenvalue weighted by atomic mass is 35.5. The SMILES string of the molecule is COc1cc(C)cc2cc(-c3c(CNC(C)=O)c(CN4CCNCC4)n4ncnc(N)c34)sc12.Cl.Cl. The van der Waals surface area contributed by atoms with Gasteiger partial charge < -0.3 is 21.1 Å². The first-order valence-corrected chi connectivity index (χ1v) is 12.2. The molecule has 0 saturated carbocycles. The molecule has 36 heavy (non-hydrogen) atoms. The first-order valence-electron chi connectivity index (χ1n) is 11.3. The number of rotatable bonds is 6. The minimum atomic E-state index is -0.0815. The van der Waals surface area contributed by atoms with Gasteiger partial charge >= 0.3 is 0 Å². The fourth-order valence-corrected chi connectivity index (χ4v) is 5.88. The van der Waals surface area contributed by atoms with E-state index in [2.05, 4.69) is 44.7 Å². The zero-order chi connectivity index (χ0) is 23.8. The Hall–Kier alpha value is -2.63. The number of methoxy groups -OCH3 is 1. The van der Waals surface area contributed by atoms with Crippen molar-refractivity contribution in [3.63, 3.8) is 0 Å². The molecule has 1 amide bonds. The number of anilines is 1. The second-order valence-electron chi connectivity index (χ2n) is 8.64. The normalized spacial score (nSPS) is 13.9. The van der Waals surface area contributed by atoms with E-state index in [9.17, 15) is 4.79 Å². The molecule has 3 aromatic heterocycles. The number of amides is 1. The Morgan fingerprint density at radius 1 is 1.25 bits per heavy atom. The molecule has 4 heterocycles. The summed E-state index contributed by atoms with van der Waals surface area (Å²) >= 11 is 1.66. The van der Waals surface area contributed by atoms with E-state index in [0.29, 0.717) is 18.9 Å². The van der Waals surface area contributed by atoms with Crippen molar-refractivity contribution in [1.29, 1.82) is 0 Å². The Labute approximate surface area is 226 Å². The maximum Gasteiger partial charge on any atom is 0.217 e. The number of thiophene rings is 1. The second-order valence-corrected chi connectivity index (χ2v) is 9.69. The van der Waals surface area contributed by atoms with Gasteiger partial charge in [0.05, 0.1) is 17.5 Å². The third-order valence-electron chi connectivity index (χ3n) is 6.25. The number of nitrogens with zero attached hydrogens (tertiary/aromatic N) is 4. The van der Waals surface area contributed by atoms with Crippen molar-refractivity contribution < 1.29 is 9.53 Å². The number of hydrogen-bond acceptors (Lipinski definition) is 8. The molecule has 1 aromatic carbocycles. The molecule has 5 rings (SSSR count). The summed E-state index contributed by atoms with van der Waals surface area (Å²) in [5, 5.41) is 12.1. The minimum Gasteiger partial charge on any atom is -0.495 e. The van der Waals surface area contributed by atoms with Crippen LogP contribution in [-0.2, 0) is 17.9 Å². The van der Waals surface area contributed by atoms with Gasteiger partial charge in [-0.15, -0.1) is 36.2 Å². The minimum absolute atomic E-state index is 0. The first kappa shape index (κ1) is 27.9. The lowest BCUT2D eigenvalue weighted by Gasteiger charge is -2.27. The molecule has 1 aliphatic heterocycles. The van der Waals surface area contributed by atoms with Gasteiger partial charge in [-0.25, -0.2) is 9.50 Å². The highest BCUT2D eigenvalue weighted by Crippen LogP contribution is 2.44. The van der Waals surface area contributed by atoms with Crippen molar-refractivity contribution in [1.82, 2.24) is 30.1 Å². The third-order valence-corrected chi connectivity index (χ3v) is 7.43. The van der Waals surface area contributed by atoms with Crippen LogP contribution in [0.5, 0.6) is 5.75 Å². The number of ether oxygens (including phenoxy) is 1. The van der Waals surface area contributed by atoms with E-state index in [1.807, 2.05) is 10.6 Å². The van der Waals surface area contributed by atoms with Crippen LogP contribution in [0.15, 0.2) is 24.5 Å². The second kappa shape index (κ2) is 11.6. The molecule has 0 spiro atoms. The van der Waals surface area contributed by atoms with Crippen molar-refractivity contribution in [2.75, 3.05) is 39.0 Å². The van der Waals surface area contributed by atoms with E-state index < -0.39 is 0 Å². The van der Waals surface area contributed by atoms with E-state index in [0.717, 1.165) is 74.8 Å². The maximum atomic E-state index is 11.9.